The van der Waals surface area contributed by atoms with Gasteiger partial charge in [0, 0.05) is 43.1 Å². The Balaban J connectivity index is 1.87. The summed E-state index contributed by atoms with van der Waals surface area (Å²) in [7, 11) is -2.96. The third kappa shape index (κ3) is 3.86. The van der Waals surface area contributed by atoms with Crippen molar-refractivity contribution in [1.82, 2.24) is 10.2 Å². The normalized spacial score (nSPS) is 32.2. The molecule has 2 aliphatic rings. The smallest absolute Gasteiger partial charge is 0.224 e. The summed E-state index contributed by atoms with van der Waals surface area (Å²) < 4.78 is 23.0. The molecule has 1 amide bonds. The Labute approximate surface area is 113 Å². The summed E-state index contributed by atoms with van der Waals surface area (Å²) in [5.41, 5.74) is 0. The van der Waals surface area contributed by atoms with Crippen LogP contribution >= 0.6 is 11.8 Å². The highest BCUT2D eigenvalue weighted by molar-refractivity contribution is 8.00. The number of rotatable bonds is 2. The number of hydrogen-bond acceptors (Lipinski definition) is 5. The van der Waals surface area contributed by atoms with Gasteiger partial charge in [-0.25, -0.2) is 8.42 Å². The molecule has 0 aromatic carbocycles. The van der Waals surface area contributed by atoms with Crippen molar-refractivity contribution < 1.29 is 13.2 Å². The second kappa shape index (κ2) is 5.79. The van der Waals surface area contributed by atoms with E-state index >= 15 is 0 Å². The molecule has 0 spiro atoms. The van der Waals surface area contributed by atoms with Gasteiger partial charge in [0.05, 0.1) is 11.5 Å². The zero-order valence-corrected chi connectivity index (χ0v) is 12.2. The van der Waals surface area contributed by atoms with E-state index in [9.17, 15) is 13.2 Å². The number of hydrogen-bond donors (Lipinski definition) is 1. The van der Waals surface area contributed by atoms with Gasteiger partial charge in [0.25, 0.3) is 0 Å². The van der Waals surface area contributed by atoms with E-state index in [-0.39, 0.29) is 23.5 Å². The lowest BCUT2D eigenvalue weighted by Gasteiger charge is -2.32. The molecule has 2 saturated heterocycles. The molecule has 0 aromatic heterocycles. The Hall–Kier alpha value is -0.270. The molecule has 1 N–H and O–H groups in total. The quantitative estimate of drug-likeness (QED) is 0.759. The molecule has 7 heteroatoms. The Morgan fingerprint density at radius 1 is 1.50 bits per heavy atom. The fraction of sp³-hybridized carbons (Fsp3) is 0.909. The van der Waals surface area contributed by atoms with Crippen LogP contribution < -0.4 is 5.32 Å². The van der Waals surface area contributed by atoms with Crippen molar-refractivity contribution in [3.05, 3.63) is 0 Å². The summed E-state index contributed by atoms with van der Waals surface area (Å²) in [5.74, 6) is 1.34. The van der Waals surface area contributed by atoms with Crippen LogP contribution in [0, 0.1) is 0 Å². The van der Waals surface area contributed by atoms with Crippen molar-refractivity contribution in [2.75, 3.05) is 36.9 Å². The van der Waals surface area contributed by atoms with E-state index in [1.54, 1.807) is 0 Å². The topological polar surface area (TPSA) is 66.5 Å². The van der Waals surface area contributed by atoms with Crippen molar-refractivity contribution in [1.29, 1.82) is 0 Å². The summed E-state index contributed by atoms with van der Waals surface area (Å²) >= 11 is 1.88. The number of amides is 1. The Morgan fingerprint density at radius 2 is 2.28 bits per heavy atom. The average Bonchev–Trinajstić information content (AvgIpc) is 2.27. The molecule has 104 valence electrons. The molecule has 5 nitrogen and oxygen atoms in total. The maximum Gasteiger partial charge on any atom is 0.224 e. The minimum atomic E-state index is -2.96. The Morgan fingerprint density at radius 3 is 2.94 bits per heavy atom. The number of nitrogens with zero attached hydrogens (tertiary/aromatic N) is 1. The van der Waals surface area contributed by atoms with Crippen molar-refractivity contribution in [3.63, 3.8) is 0 Å². The highest BCUT2D eigenvalue weighted by Gasteiger charge is 2.29. The maximum absolute atomic E-state index is 12.1. The fourth-order valence-electron chi connectivity index (χ4n) is 2.38. The first-order valence-corrected chi connectivity index (χ1v) is 9.16. The van der Waals surface area contributed by atoms with Crippen LogP contribution in [0.15, 0.2) is 0 Å². The maximum atomic E-state index is 12.1. The zero-order valence-electron chi connectivity index (χ0n) is 10.6. The highest BCUT2D eigenvalue weighted by Crippen LogP contribution is 2.19. The molecule has 0 radical (unpaired) electrons. The molecule has 2 atom stereocenters. The van der Waals surface area contributed by atoms with E-state index in [4.69, 9.17) is 0 Å². The largest absolute Gasteiger partial charge is 0.341 e. The number of sulfone groups is 1. The van der Waals surface area contributed by atoms with Crippen LogP contribution in [-0.2, 0) is 14.6 Å². The SMILES string of the molecule is CC1CN(C(=O)CC2CS(=O)(=O)CCN2)CCS1. The number of thioether (sulfide) groups is 1. The molecule has 2 fully saturated rings. The summed E-state index contributed by atoms with van der Waals surface area (Å²) in [6.07, 6.45) is 0.302. The first-order chi connectivity index (χ1) is 8.46. The number of carbonyl (C=O) groups is 1. The molecular weight excluding hydrogens is 272 g/mol. The first kappa shape index (κ1) is 14.1. The summed E-state index contributed by atoms with van der Waals surface area (Å²) in [6.45, 7) is 4.15. The van der Waals surface area contributed by atoms with Crippen LogP contribution in [0.1, 0.15) is 13.3 Å². The molecular formula is C11H20N2O3S2. The Kier molecular flexibility index (Phi) is 4.55. The van der Waals surface area contributed by atoms with E-state index in [1.807, 2.05) is 16.7 Å². The summed E-state index contributed by atoms with van der Waals surface area (Å²) in [6, 6.07) is -0.207. The zero-order chi connectivity index (χ0) is 13.2. The lowest BCUT2D eigenvalue weighted by atomic mass is 10.2. The van der Waals surface area contributed by atoms with Crippen molar-refractivity contribution in [2.45, 2.75) is 24.6 Å². The molecule has 18 heavy (non-hydrogen) atoms. The van der Waals surface area contributed by atoms with Crippen molar-refractivity contribution in [2.24, 2.45) is 0 Å². The van der Waals surface area contributed by atoms with Crippen molar-refractivity contribution >= 4 is 27.5 Å². The minimum absolute atomic E-state index is 0.0803. The van der Waals surface area contributed by atoms with Gasteiger partial charge in [-0.05, 0) is 0 Å². The van der Waals surface area contributed by atoms with Gasteiger partial charge in [-0.2, -0.15) is 11.8 Å². The van der Waals surface area contributed by atoms with Gasteiger partial charge in [-0.3, -0.25) is 4.79 Å². The third-order valence-electron chi connectivity index (χ3n) is 3.32. The van der Waals surface area contributed by atoms with E-state index in [0.29, 0.717) is 18.2 Å². The fourth-order valence-corrected chi connectivity index (χ4v) is 4.84. The van der Waals surface area contributed by atoms with Gasteiger partial charge >= 0.3 is 0 Å². The number of nitrogens with one attached hydrogen (secondary N) is 1. The Bertz CT molecular complexity index is 411. The van der Waals surface area contributed by atoms with Gasteiger partial charge in [0.1, 0.15) is 0 Å². The first-order valence-electron chi connectivity index (χ1n) is 6.29. The van der Waals surface area contributed by atoms with E-state index < -0.39 is 9.84 Å². The molecule has 2 rings (SSSR count). The van der Waals surface area contributed by atoms with Crippen molar-refractivity contribution in [3.8, 4) is 0 Å². The van der Waals surface area contributed by atoms with Gasteiger partial charge < -0.3 is 10.2 Å². The lowest BCUT2D eigenvalue weighted by Crippen LogP contribution is -2.49. The molecule has 0 aromatic rings. The summed E-state index contributed by atoms with van der Waals surface area (Å²) in [4.78, 5) is 14.0. The molecule has 2 aliphatic heterocycles. The molecule has 0 saturated carbocycles. The third-order valence-corrected chi connectivity index (χ3v) is 6.19. The van der Waals surface area contributed by atoms with Gasteiger partial charge in [0.2, 0.25) is 5.91 Å². The van der Waals surface area contributed by atoms with E-state index in [0.717, 1.165) is 18.8 Å². The predicted molar refractivity (Wildman–Crippen MR) is 73.6 cm³/mol. The second-order valence-electron chi connectivity index (χ2n) is 4.99. The van der Waals surface area contributed by atoms with E-state index in [1.165, 1.54) is 0 Å². The van der Waals surface area contributed by atoms with Crippen LogP contribution in [0.3, 0.4) is 0 Å². The standard InChI is InChI=1S/C11H20N2O3S2/c1-9-7-13(3-4-17-9)11(14)6-10-8-18(15,16)5-2-12-10/h9-10,12H,2-8H2,1H3. The van der Waals surface area contributed by atoms with Crippen LogP contribution in [0.5, 0.6) is 0 Å². The molecule has 2 unspecified atom stereocenters. The predicted octanol–water partition coefficient (Wildman–Crippen LogP) is -0.273. The van der Waals surface area contributed by atoms with Gasteiger partial charge in [0.15, 0.2) is 9.84 Å². The van der Waals surface area contributed by atoms with Gasteiger partial charge in [-0.15, -0.1) is 0 Å². The minimum Gasteiger partial charge on any atom is -0.341 e. The summed E-state index contributed by atoms with van der Waals surface area (Å²) in [5, 5.41) is 3.60. The molecule has 2 heterocycles. The number of carbonyl (C=O) groups excluding carboxylic acids is 1. The van der Waals surface area contributed by atoms with E-state index in [2.05, 4.69) is 12.2 Å². The van der Waals surface area contributed by atoms with Crippen LogP contribution in [0.4, 0.5) is 0 Å². The van der Waals surface area contributed by atoms with Gasteiger partial charge in [-0.1, -0.05) is 6.92 Å². The highest BCUT2D eigenvalue weighted by atomic mass is 32.2. The second-order valence-corrected chi connectivity index (χ2v) is 8.77. The van der Waals surface area contributed by atoms with Crippen LogP contribution in [0.25, 0.3) is 0 Å². The van der Waals surface area contributed by atoms with Crippen LogP contribution in [0.2, 0.25) is 0 Å². The van der Waals surface area contributed by atoms with Crippen LogP contribution in [-0.4, -0.2) is 67.4 Å². The monoisotopic (exact) mass is 292 g/mol. The molecule has 0 bridgehead atoms. The molecule has 0 aliphatic carbocycles. The average molecular weight is 292 g/mol. The lowest BCUT2D eigenvalue weighted by molar-refractivity contribution is -0.131.